The lowest BCUT2D eigenvalue weighted by atomic mass is 10.1. The Balaban J connectivity index is 1.76. The van der Waals surface area contributed by atoms with Gasteiger partial charge in [0.05, 0.1) is 16.5 Å². The van der Waals surface area contributed by atoms with Crippen molar-refractivity contribution in [1.29, 1.82) is 0 Å². The molecule has 0 saturated heterocycles. The minimum Gasteiger partial charge on any atom is -0.325 e. The summed E-state index contributed by atoms with van der Waals surface area (Å²) in [6.07, 6.45) is -2.79. The van der Waals surface area contributed by atoms with Gasteiger partial charge in [-0.2, -0.15) is 13.2 Å². The van der Waals surface area contributed by atoms with Crippen LogP contribution in [-0.2, 0) is 11.0 Å². The molecule has 0 aliphatic heterocycles. The summed E-state index contributed by atoms with van der Waals surface area (Å²) < 4.78 is 40.7. The summed E-state index contributed by atoms with van der Waals surface area (Å²) in [6.45, 7) is 1.60. The standard InChI is InChI=1S/C16H13F3N4OS/c1-10(25-15-22-21-13-8-4-5-9-23(13)15)14(24)20-12-7-3-2-6-11(12)16(17,18)19/h2-10H,1H3,(H,20,24)/t10-/m1/s1. The summed E-state index contributed by atoms with van der Waals surface area (Å²) in [6, 6.07) is 10.2. The molecule has 2 aromatic heterocycles. The number of para-hydroxylation sites is 1. The molecule has 1 aromatic carbocycles. The largest absolute Gasteiger partial charge is 0.418 e. The Kier molecular flexibility index (Phi) is 4.67. The number of carbonyl (C=O) groups excluding carboxylic acids is 1. The van der Waals surface area contributed by atoms with E-state index in [4.69, 9.17) is 0 Å². The van der Waals surface area contributed by atoms with Crippen LogP contribution >= 0.6 is 11.8 Å². The quantitative estimate of drug-likeness (QED) is 0.712. The van der Waals surface area contributed by atoms with E-state index in [0.717, 1.165) is 17.8 Å². The molecule has 0 fully saturated rings. The van der Waals surface area contributed by atoms with Crippen LogP contribution in [0.1, 0.15) is 12.5 Å². The first-order chi connectivity index (χ1) is 11.9. The molecule has 1 atom stereocenters. The van der Waals surface area contributed by atoms with Gasteiger partial charge < -0.3 is 5.32 Å². The van der Waals surface area contributed by atoms with Crippen molar-refractivity contribution in [2.45, 2.75) is 23.5 Å². The normalized spacial score (nSPS) is 13.0. The first-order valence-corrected chi connectivity index (χ1v) is 8.18. The van der Waals surface area contributed by atoms with E-state index >= 15 is 0 Å². The summed E-state index contributed by atoms with van der Waals surface area (Å²) in [7, 11) is 0. The van der Waals surface area contributed by atoms with Gasteiger partial charge in [-0.1, -0.05) is 30.0 Å². The molecular weight excluding hydrogens is 353 g/mol. The smallest absolute Gasteiger partial charge is 0.325 e. The molecule has 0 bridgehead atoms. The third-order valence-electron chi connectivity index (χ3n) is 3.42. The number of aromatic nitrogens is 3. The van der Waals surface area contributed by atoms with Gasteiger partial charge >= 0.3 is 6.18 Å². The average molecular weight is 366 g/mol. The minimum atomic E-state index is -4.54. The Bertz CT molecular complexity index is 910. The lowest BCUT2D eigenvalue weighted by Gasteiger charge is -2.15. The Morgan fingerprint density at radius 2 is 1.88 bits per heavy atom. The molecule has 0 spiro atoms. The minimum absolute atomic E-state index is 0.265. The lowest BCUT2D eigenvalue weighted by Crippen LogP contribution is -2.24. The SMILES string of the molecule is C[C@@H](Sc1nnc2ccccn12)C(=O)Nc1ccccc1C(F)(F)F. The molecule has 1 N–H and O–H groups in total. The monoisotopic (exact) mass is 366 g/mol. The highest BCUT2D eigenvalue weighted by atomic mass is 32.2. The predicted molar refractivity (Wildman–Crippen MR) is 88.4 cm³/mol. The van der Waals surface area contributed by atoms with Crippen LogP contribution in [0.4, 0.5) is 18.9 Å². The van der Waals surface area contributed by atoms with Crippen LogP contribution in [0.25, 0.3) is 5.65 Å². The van der Waals surface area contributed by atoms with E-state index in [-0.39, 0.29) is 5.69 Å². The Morgan fingerprint density at radius 1 is 1.16 bits per heavy atom. The van der Waals surface area contributed by atoms with Crippen molar-refractivity contribution in [3.05, 3.63) is 54.2 Å². The maximum Gasteiger partial charge on any atom is 0.418 e. The van der Waals surface area contributed by atoms with Crippen molar-refractivity contribution in [3.8, 4) is 0 Å². The first-order valence-electron chi connectivity index (χ1n) is 7.30. The Labute approximate surface area is 145 Å². The maximum atomic E-state index is 13.0. The highest BCUT2D eigenvalue weighted by Crippen LogP contribution is 2.35. The molecule has 130 valence electrons. The van der Waals surface area contributed by atoms with Gasteiger partial charge in [-0.15, -0.1) is 10.2 Å². The highest BCUT2D eigenvalue weighted by molar-refractivity contribution is 8.00. The molecule has 0 unspecified atom stereocenters. The molecular formula is C16H13F3N4OS. The third kappa shape index (κ3) is 3.76. The molecule has 0 aliphatic rings. The fraction of sp³-hybridized carbons (Fsp3) is 0.188. The van der Waals surface area contributed by atoms with Gasteiger partial charge in [-0.05, 0) is 31.2 Å². The van der Waals surface area contributed by atoms with E-state index in [1.54, 1.807) is 29.7 Å². The van der Waals surface area contributed by atoms with Gasteiger partial charge in [0.2, 0.25) is 5.91 Å². The molecule has 2 heterocycles. The number of hydrogen-bond acceptors (Lipinski definition) is 4. The van der Waals surface area contributed by atoms with E-state index in [0.29, 0.717) is 10.8 Å². The Morgan fingerprint density at radius 3 is 2.64 bits per heavy atom. The molecule has 5 nitrogen and oxygen atoms in total. The van der Waals surface area contributed by atoms with E-state index in [1.165, 1.54) is 18.2 Å². The molecule has 1 amide bonds. The second-order valence-electron chi connectivity index (χ2n) is 5.20. The van der Waals surface area contributed by atoms with Crippen LogP contribution in [0.2, 0.25) is 0 Å². The second-order valence-corrected chi connectivity index (χ2v) is 6.51. The van der Waals surface area contributed by atoms with Crippen LogP contribution in [0.15, 0.2) is 53.8 Å². The number of anilines is 1. The zero-order chi connectivity index (χ0) is 18.0. The number of thioether (sulfide) groups is 1. The van der Waals surface area contributed by atoms with Crippen molar-refractivity contribution in [2.75, 3.05) is 5.32 Å². The predicted octanol–water partition coefficient (Wildman–Crippen LogP) is 3.87. The number of carbonyl (C=O) groups is 1. The second kappa shape index (κ2) is 6.75. The van der Waals surface area contributed by atoms with Crippen molar-refractivity contribution >= 4 is 29.0 Å². The number of benzene rings is 1. The third-order valence-corrected chi connectivity index (χ3v) is 4.48. The van der Waals surface area contributed by atoms with Crippen LogP contribution in [-0.4, -0.2) is 25.8 Å². The average Bonchev–Trinajstić information content (AvgIpc) is 2.97. The molecule has 3 rings (SSSR count). The van der Waals surface area contributed by atoms with Crippen molar-refractivity contribution in [2.24, 2.45) is 0 Å². The molecule has 0 radical (unpaired) electrons. The van der Waals surface area contributed by atoms with Gasteiger partial charge in [0, 0.05) is 6.20 Å². The number of alkyl halides is 3. The molecule has 0 aliphatic carbocycles. The van der Waals surface area contributed by atoms with Crippen LogP contribution in [0.3, 0.4) is 0 Å². The fourth-order valence-corrected chi connectivity index (χ4v) is 3.02. The fourth-order valence-electron chi connectivity index (χ4n) is 2.19. The van der Waals surface area contributed by atoms with Crippen LogP contribution in [0, 0.1) is 0 Å². The number of nitrogens with zero attached hydrogens (tertiary/aromatic N) is 3. The topological polar surface area (TPSA) is 59.3 Å². The van der Waals surface area contributed by atoms with Crippen molar-refractivity contribution in [1.82, 2.24) is 14.6 Å². The summed E-state index contributed by atoms with van der Waals surface area (Å²) in [4.78, 5) is 12.3. The summed E-state index contributed by atoms with van der Waals surface area (Å²) in [5.74, 6) is -0.547. The van der Waals surface area contributed by atoms with Crippen LogP contribution in [0.5, 0.6) is 0 Å². The lowest BCUT2D eigenvalue weighted by molar-refractivity contribution is -0.137. The van der Waals surface area contributed by atoms with Crippen molar-refractivity contribution in [3.63, 3.8) is 0 Å². The van der Waals surface area contributed by atoms with Gasteiger partial charge in [-0.3, -0.25) is 9.20 Å². The number of amides is 1. The van der Waals surface area contributed by atoms with E-state index in [9.17, 15) is 18.0 Å². The van der Waals surface area contributed by atoms with Gasteiger partial charge in [0.25, 0.3) is 0 Å². The number of pyridine rings is 1. The number of fused-ring (bicyclic) bond motifs is 1. The van der Waals surface area contributed by atoms with Gasteiger partial charge in [0.1, 0.15) is 0 Å². The first kappa shape index (κ1) is 17.3. The van der Waals surface area contributed by atoms with E-state index in [2.05, 4.69) is 15.5 Å². The van der Waals surface area contributed by atoms with Gasteiger partial charge in [-0.25, -0.2) is 0 Å². The Hall–Kier alpha value is -2.55. The number of rotatable bonds is 4. The summed E-state index contributed by atoms with van der Waals surface area (Å²) in [5, 5.41) is 10.1. The van der Waals surface area contributed by atoms with E-state index in [1.807, 2.05) is 6.07 Å². The van der Waals surface area contributed by atoms with Crippen LogP contribution < -0.4 is 5.32 Å². The summed E-state index contributed by atoms with van der Waals surface area (Å²) in [5.41, 5.74) is -0.521. The number of hydrogen-bond donors (Lipinski definition) is 1. The molecule has 0 saturated carbocycles. The number of halogens is 3. The van der Waals surface area contributed by atoms with Crippen molar-refractivity contribution < 1.29 is 18.0 Å². The molecule has 9 heteroatoms. The zero-order valence-electron chi connectivity index (χ0n) is 13.0. The van der Waals surface area contributed by atoms with E-state index < -0.39 is 22.9 Å². The summed E-state index contributed by atoms with van der Waals surface area (Å²) >= 11 is 1.12. The molecule has 25 heavy (non-hydrogen) atoms. The van der Waals surface area contributed by atoms with Gasteiger partial charge in [0.15, 0.2) is 10.8 Å². The zero-order valence-corrected chi connectivity index (χ0v) is 13.8. The molecule has 3 aromatic rings. The number of nitrogens with one attached hydrogen (secondary N) is 1. The highest BCUT2D eigenvalue weighted by Gasteiger charge is 2.34. The maximum absolute atomic E-state index is 13.0.